The van der Waals surface area contributed by atoms with Crippen LogP contribution in [0.4, 0.5) is 0 Å². The number of ether oxygens (including phenoxy) is 1. The molecule has 0 amide bonds. The van der Waals surface area contributed by atoms with E-state index in [1.54, 1.807) is 10.6 Å². The molecule has 0 spiro atoms. The van der Waals surface area contributed by atoms with Gasteiger partial charge in [-0.2, -0.15) is 0 Å². The van der Waals surface area contributed by atoms with Crippen molar-refractivity contribution in [2.75, 3.05) is 20.2 Å². The van der Waals surface area contributed by atoms with Crippen molar-refractivity contribution in [2.45, 2.75) is 25.4 Å². The smallest absolute Gasteiger partial charge is 0.419 e. The van der Waals surface area contributed by atoms with E-state index in [-0.39, 0.29) is 17.8 Å². The van der Waals surface area contributed by atoms with Crippen molar-refractivity contribution in [3.8, 4) is 0 Å². The lowest BCUT2D eigenvalue weighted by Crippen LogP contribution is -2.39. The minimum atomic E-state index is -0.356. The monoisotopic (exact) mass is 290 g/mol. The third kappa shape index (κ3) is 2.58. The third-order valence-corrected chi connectivity index (χ3v) is 4.02. The summed E-state index contributed by atoms with van der Waals surface area (Å²) in [6, 6.07) is 7.16. The summed E-state index contributed by atoms with van der Waals surface area (Å²) in [5.41, 5.74) is 1.38. The van der Waals surface area contributed by atoms with E-state index in [0.29, 0.717) is 18.7 Å². The summed E-state index contributed by atoms with van der Waals surface area (Å²) < 4.78 is 11.6. The Morgan fingerprint density at radius 2 is 2.19 bits per heavy atom. The second-order valence-electron chi connectivity index (χ2n) is 5.20. The minimum Gasteiger partial charge on any atom is -0.468 e. The molecule has 21 heavy (non-hydrogen) atoms. The summed E-state index contributed by atoms with van der Waals surface area (Å²) >= 11 is 0. The molecule has 3 rings (SSSR count). The molecule has 1 aromatic carbocycles. The molecule has 1 aromatic heterocycles. The van der Waals surface area contributed by atoms with Gasteiger partial charge in [0.05, 0.1) is 12.6 Å². The molecular weight excluding hydrogens is 272 g/mol. The standard InChI is InChI=1S/C15H18N2O4/c1-20-14(18)12-6-4-8-16(12)9-10-17-11-5-2-3-7-13(11)21-15(17)19/h2-3,5,7,12H,4,6,8-10H2,1H3. The molecule has 6 nitrogen and oxygen atoms in total. The number of rotatable bonds is 4. The van der Waals surface area contributed by atoms with E-state index in [2.05, 4.69) is 4.90 Å². The van der Waals surface area contributed by atoms with Gasteiger partial charge in [0.15, 0.2) is 5.58 Å². The van der Waals surface area contributed by atoms with Gasteiger partial charge in [-0.25, -0.2) is 4.79 Å². The van der Waals surface area contributed by atoms with Crippen molar-refractivity contribution in [3.05, 3.63) is 34.8 Å². The van der Waals surface area contributed by atoms with Gasteiger partial charge in [-0.3, -0.25) is 14.3 Å². The van der Waals surface area contributed by atoms with Crippen LogP contribution in [0.15, 0.2) is 33.5 Å². The lowest BCUT2D eigenvalue weighted by Gasteiger charge is -2.22. The van der Waals surface area contributed by atoms with E-state index in [4.69, 9.17) is 9.15 Å². The Labute approximate surface area is 121 Å². The summed E-state index contributed by atoms with van der Waals surface area (Å²) in [4.78, 5) is 25.7. The summed E-state index contributed by atoms with van der Waals surface area (Å²) in [6.45, 7) is 1.98. The van der Waals surface area contributed by atoms with Crippen molar-refractivity contribution < 1.29 is 13.9 Å². The van der Waals surface area contributed by atoms with Crippen LogP contribution < -0.4 is 5.76 Å². The quantitative estimate of drug-likeness (QED) is 0.792. The van der Waals surface area contributed by atoms with Crippen LogP contribution in [0.1, 0.15) is 12.8 Å². The zero-order valence-corrected chi connectivity index (χ0v) is 11.9. The highest BCUT2D eigenvalue weighted by Gasteiger charge is 2.31. The molecule has 0 N–H and O–H groups in total. The van der Waals surface area contributed by atoms with Gasteiger partial charge in [0.1, 0.15) is 6.04 Å². The number of nitrogens with zero attached hydrogens (tertiary/aromatic N) is 2. The molecular formula is C15H18N2O4. The van der Waals surface area contributed by atoms with Crippen molar-refractivity contribution in [1.82, 2.24) is 9.47 Å². The van der Waals surface area contributed by atoms with Crippen LogP contribution in [0.2, 0.25) is 0 Å². The van der Waals surface area contributed by atoms with Crippen molar-refractivity contribution in [2.24, 2.45) is 0 Å². The van der Waals surface area contributed by atoms with E-state index < -0.39 is 0 Å². The number of benzene rings is 1. The average molecular weight is 290 g/mol. The molecule has 0 aliphatic carbocycles. The number of methoxy groups -OCH3 is 1. The van der Waals surface area contributed by atoms with Gasteiger partial charge in [-0.1, -0.05) is 12.1 Å². The van der Waals surface area contributed by atoms with Crippen molar-refractivity contribution in [1.29, 1.82) is 0 Å². The van der Waals surface area contributed by atoms with Gasteiger partial charge in [0, 0.05) is 13.1 Å². The number of fused-ring (bicyclic) bond motifs is 1. The molecule has 0 radical (unpaired) electrons. The number of hydrogen-bond donors (Lipinski definition) is 0. The molecule has 1 atom stereocenters. The van der Waals surface area contributed by atoms with Gasteiger partial charge >= 0.3 is 11.7 Å². The number of likely N-dealkylation sites (tertiary alicyclic amines) is 1. The molecule has 1 fully saturated rings. The second kappa shape index (κ2) is 5.73. The van der Waals surface area contributed by atoms with E-state index in [1.807, 2.05) is 18.2 Å². The minimum absolute atomic E-state index is 0.191. The number of esters is 1. The molecule has 2 aromatic rings. The Morgan fingerprint density at radius 3 is 3.00 bits per heavy atom. The summed E-state index contributed by atoms with van der Waals surface area (Å²) in [5.74, 6) is -0.554. The number of carbonyl (C=O) groups excluding carboxylic acids is 1. The lowest BCUT2D eigenvalue weighted by atomic mass is 10.2. The van der Waals surface area contributed by atoms with Gasteiger partial charge in [0.2, 0.25) is 0 Å². The zero-order valence-electron chi connectivity index (χ0n) is 11.9. The summed E-state index contributed by atoms with van der Waals surface area (Å²) in [5, 5.41) is 0. The Bertz CT molecular complexity index is 703. The largest absolute Gasteiger partial charge is 0.468 e. The first-order valence-corrected chi connectivity index (χ1v) is 7.11. The molecule has 0 saturated carbocycles. The topological polar surface area (TPSA) is 64.7 Å². The predicted octanol–water partition coefficient (Wildman–Crippen LogP) is 1.23. The highest BCUT2D eigenvalue weighted by Crippen LogP contribution is 2.19. The number of oxazole rings is 1. The molecule has 112 valence electrons. The first-order chi connectivity index (χ1) is 10.2. The normalized spacial score (nSPS) is 19.2. The number of carbonyl (C=O) groups is 1. The maximum Gasteiger partial charge on any atom is 0.419 e. The molecule has 1 saturated heterocycles. The van der Waals surface area contributed by atoms with E-state index in [9.17, 15) is 9.59 Å². The van der Waals surface area contributed by atoms with Crippen LogP contribution in [-0.2, 0) is 16.1 Å². The van der Waals surface area contributed by atoms with Crippen molar-refractivity contribution in [3.63, 3.8) is 0 Å². The van der Waals surface area contributed by atoms with Crippen LogP contribution in [0.3, 0.4) is 0 Å². The van der Waals surface area contributed by atoms with Crippen LogP contribution in [0, 0.1) is 0 Å². The van der Waals surface area contributed by atoms with E-state index in [1.165, 1.54) is 7.11 Å². The SMILES string of the molecule is COC(=O)C1CCCN1CCn1c(=O)oc2ccccc21. The first-order valence-electron chi connectivity index (χ1n) is 7.11. The van der Waals surface area contributed by atoms with Gasteiger partial charge in [-0.15, -0.1) is 0 Å². The van der Waals surface area contributed by atoms with Crippen molar-refractivity contribution >= 4 is 17.1 Å². The Morgan fingerprint density at radius 1 is 1.38 bits per heavy atom. The number of hydrogen-bond acceptors (Lipinski definition) is 5. The van der Waals surface area contributed by atoms with E-state index >= 15 is 0 Å². The van der Waals surface area contributed by atoms with Gasteiger partial charge < -0.3 is 9.15 Å². The second-order valence-corrected chi connectivity index (χ2v) is 5.20. The fourth-order valence-corrected chi connectivity index (χ4v) is 2.95. The summed E-state index contributed by atoms with van der Waals surface area (Å²) in [7, 11) is 1.41. The average Bonchev–Trinajstić information content (AvgIpc) is 3.08. The molecule has 1 unspecified atom stereocenters. The molecule has 1 aliphatic heterocycles. The van der Waals surface area contributed by atoms with E-state index in [0.717, 1.165) is 24.9 Å². The lowest BCUT2D eigenvalue weighted by molar-refractivity contribution is -0.145. The van der Waals surface area contributed by atoms with Crippen LogP contribution in [-0.4, -0.2) is 41.7 Å². The van der Waals surface area contributed by atoms with Gasteiger partial charge in [0.25, 0.3) is 0 Å². The zero-order chi connectivity index (χ0) is 14.8. The van der Waals surface area contributed by atoms with Crippen LogP contribution in [0.25, 0.3) is 11.1 Å². The highest BCUT2D eigenvalue weighted by atomic mass is 16.5. The molecule has 1 aliphatic rings. The molecule has 0 bridgehead atoms. The molecule has 6 heteroatoms. The number of aromatic nitrogens is 1. The fraction of sp³-hybridized carbons (Fsp3) is 0.467. The third-order valence-electron chi connectivity index (χ3n) is 4.02. The Hall–Kier alpha value is -2.08. The highest BCUT2D eigenvalue weighted by molar-refractivity contribution is 5.76. The Balaban J connectivity index is 1.76. The van der Waals surface area contributed by atoms with Gasteiger partial charge in [-0.05, 0) is 31.5 Å². The Kier molecular flexibility index (Phi) is 3.79. The molecule has 2 heterocycles. The fourth-order valence-electron chi connectivity index (χ4n) is 2.95. The maximum absolute atomic E-state index is 11.9. The first kappa shape index (κ1) is 13.9. The summed E-state index contributed by atoms with van der Waals surface area (Å²) in [6.07, 6.45) is 1.79. The van der Waals surface area contributed by atoms with Crippen LogP contribution in [0.5, 0.6) is 0 Å². The van der Waals surface area contributed by atoms with Crippen LogP contribution >= 0.6 is 0 Å². The number of para-hydroxylation sites is 2. The predicted molar refractivity (Wildman–Crippen MR) is 77.1 cm³/mol. The maximum atomic E-state index is 11.9.